The Labute approximate surface area is 149 Å². The van der Waals surface area contributed by atoms with E-state index < -0.39 is 0 Å². The van der Waals surface area contributed by atoms with Crippen molar-refractivity contribution in [1.82, 2.24) is 14.4 Å². The van der Waals surface area contributed by atoms with Crippen LogP contribution >= 0.6 is 0 Å². The molecule has 0 bridgehead atoms. The Morgan fingerprint density at radius 1 is 1.23 bits per heavy atom. The summed E-state index contributed by atoms with van der Waals surface area (Å²) in [6, 6.07) is 11.6. The van der Waals surface area contributed by atoms with Crippen molar-refractivity contribution >= 4 is 17.2 Å². The van der Waals surface area contributed by atoms with Crippen molar-refractivity contribution in [3.63, 3.8) is 0 Å². The number of rotatable bonds is 4. The summed E-state index contributed by atoms with van der Waals surface area (Å²) in [5.41, 5.74) is 10.2. The maximum atomic E-state index is 12.2. The van der Waals surface area contributed by atoms with Crippen molar-refractivity contribution in [1.29, 1.82) is 0 Å². The lowest BCUT2D eigenvalue weighted by Crippen LogP contribution is -2.12. The summed E-state index contributed by atoms with van der Waals surface area (Å²) in [4.78, 5) is 20.8. The van der Waals surface area contributed by atoms with E-state index in [-0.39, 0.29) is 18.1 Å². The van der Waals surface area contributed by atoms with Crippen LogP contribution < -0.4 is 11.1 Å². The van der Waals surface area contributed by atoms with Crippen molar-refractivity contribution in [2.45, 2.75) is 13.5 Å². The Bertz CT molecular complexity index is 1080. The molecule has 4 aromatic rings. The number of amides is 1. The largest absolute Gasteiger partial charge is 0.447 e. The van der Waals surface area contributed by atoms with E-state index in [4.69, 9.17) is 10.2 Å². The molecule has 4 rings (SSSR count). The summed E-state index contributed by atoms with van der Waals surface area (Å²) in [5, 5.41) is 2.78. The minimum absolute atomic E-state index is 0.153. The molecule has 0 unspecified atom stereocenters. The van der Waals surface area contributed by atoms with E-state index in [2.05, 4.69) is 15.3 Å². The third kappa shape index (κ3) is 3.07. The Balaban J connectivity index is 1.53. The Morgan fingerprint density at radius 3 is 2.77 bits per heavy atom. The van der Waals surface area contributed by atoms with Crippen molar-refractivity contribution in [3.8, 4) is 11.3 Å². The number of benzene rings is 1. The smallest absolute Gasteiger partial charge is 0.277 e. The average Bonchev–Trinajstić information content (AvgIpc) is 3.28. The molecule has 3 heterocycles. The van der Waals surface area contributed by atoms with Gasteiger partial charge < -0.3 is 19.9 Å². The van der Waals surface area contributed by atoms with Gasteiger partial charge in [0.2, 0.25) is 5.89 Å². The Kier molecular flexibility index (Phi) is 3.98. The molecule has 0 fully saturated rings. The number of nitrogens with one attached hydrogen (secondary N) is 1. The summed E-state index contributed by atoms with van der Waals surface area (Å²) in [6.07, 6.45) is 5.26. The van der Waals surface area contributed by atoms with Gasteiger partial charge in [-0.05, 0) is 36.8 Å². The molecule has 0 aliphatic carbocycles. The van der Waals surface area contributed by atoms with E-state index in [9.17, 15) is 4.79 Å². The highest BCUT2D eigenvalue weighted by atomic mass is 16.3. The molecule has 3 N–H and O–H groups in total. The fourth-order valence-electron chi connectivity index (χ4n) is 2.65. The van der Waals surface area contributed by atoms with E-state index in [1.165, 1.54) is 11.8 Å². The molecule has 0 saturated heterocycles. The topological polar surface area (TPSA) is 98.5 Å². The zero-order chi connectivity index (χ0) is 18.1. The van der Waals surface area contributed by atoms with Gasteiger partial charge in [0, 0.05) is 23.6 Å². The van der Waals surface area contributed by atoms with Crippen LogP contribution in [0.3, 0.4) is 0 Å². The van der Waals surface area contributed by atoms with Crippen LogP contribution in [0.4, 0.5) is 5.69 Å². The van der Waals surface area contributed by atoms with Crippen LogP contribution in [0.25, 0.3) is 16.9 Å². The Morgan fingerprint density at radius 2 is 2.04 bits per heavy atom. The third-order valence-corrected chi connectivity index (χ3v) is 4.01. The van der Waals surface area contributed by atoms with Crippen molar-refractivity contribution in [2.75, 3.05) is 5.32 Å². The van der Waals surface area contributed by atoms with Gasteiger partial charge >= 0.3 is 0 Å². The summed E-state index contributed by atoms with van der Waals surface area (Å²) >= 11 is 0. The van der Waals surface area contributed by atoms with Crippen molar-refractivity contribution in [2.24, 2.45) is 5.73 Å². The molecule has 26 heavy (non-hydrogen) atoms. The quantitative estimate of drug-likeness (QED) is 0.591. The number of imidazole rings is 1. The number of carbonyl (C=O) groups is 1. The first-order valence-corrected chi connectivity index (χ1v) is 8.14. The van der Waals surface area contributed by atoms with Crippen molar-refractivity contribution < 1.29 is 9.21 Å². The number of hydrogen-bond donors (Lipinski definition) is 2. The van der Waals surface area contributed by atoms with Crippen LogP contribution in [0.15, 0.2) is 59.5 Å². The lowest BCUT2D eigenvalue weighted by Gasteiger charge is -2.03. The lowest BCUT2D eigenvalue weighted by molar-refractivity contribution is 0.102. The lowest BCUT2D eigenvalue weighted by atomic mass is 10.1. The SMILES string of the molecule is Cc1ccn2cc(-c3ccc(NC(=O)c4coc(CN)n4)cc3)nc2c1. The summed E-state index contributed by atoms with van der Waals surface area (Å²) in [6.45, 7) is 2.19. The van der Waals surface area contributed by atoms with Gasteiger partial charge in [0.05, 0.1) is 12.2 Å². The second-order valence-corrected chi connectivity index (χ2v) is 5.96. The number of pyridine rings is 1. The van der Waals surface area contributed by atoms with Gasteiger partial charge in [0.15, 0.2) is 5.69 Å². The molecule has 0 radical (unpaired) electrons. The van der Waals surface area contributed by atoms with E-state index in [1.54, 1.807) is 0 Å². The van der Waals surface area contributed by atoms with Crippen LogP contribution in [0, 0.1) is 6.92 Å². The minimum atomic E-state index is -0.343. The molecule has 7 heteroatoms. The molecule has 1 amide bonds. The Hall–Kier alpha value is -3.45. The number of aromatic nitrogens is 3. The number of anilines is 1. The van der Waals surface area contributed by atoms with Gasteiger partial charge in [0.1, 0.15) is 11.9 Å². The van der Waals surface area contributed by atoms with E-state index >= 15 is 0 Å². The summed E-state index contributed by atoms with van der Waals surface area (Å²) in [7, 11) is 0. The zero-order valence-electron chi connectivity index (χ0n) is 14.1. The molecular formula is C19H17N5O2. The molecule has 0 atom stereocenters. The number of hydrogen-bond acceptors (Lipinski definition) is 5. The highest BCUT2D eigenvalue weighted by Gasteiger charge is 2.12. The standard InChI is InChI=1S/C19H17N5O2/c1-12-6-7-24-10-15(22-17(24)8-12)13-2-4-14(5-3-13)21-19(25)16-11-26-18(9-20)23-16/h2-8,10-11H,9,20H2,1H3,(H,21,25). The normalized spacial score (nSPS) is 11.0. The van der Waals surface area contributed by atoms with Gasteiger partial charge in [-0.15, -0.1) is 0 Å². The first kappa shape index (κ1) is 16.0. The highest BCUT2D eigenvalue weighted by molar-refractivity contribution is 6.02. The molecule has 0 saturated carbocycles. The zero-order valence-corrected chi connectivity index (χ0v) is 14.1. The number of nitrogens with zero attached hydrogens (tertiary/aromatic N) is 3. The fraction of sp³-hybridized carbons (Fsp3) is 0.105. The van der Waals surface area contributed by atoms with E-state index in [0.29, 0.717) is 11.6 Å². The van der Waals surface area contributed by atoms with Crippen LogP contribution in [0.2, 0.25) is 0 Å². The van der Waals surface area contributed by atoms with Crippen molar-refractivity contribution in [3.05, 3.63) is 72.2 Å². The number of nitrogens with two attached hydrogens (primary N) is 1. The van der Waals surface area contributed by atoms with E-state index in [1.807, 2.05) is 60.1 Å². The number of aryl methyl sites for hydroxylation is 1. The molecule has 0 aliphatic rings. The van der Waals surface area contributed by atoms with Gasteiger partial charge in [-0.1, -0.05) is 12.1 Å². The monoisotopic (exact) mass is 347 g/mol. The third-order valence-electron chi connectivity index (χ3n) is 4.01. The van der Waals surface area contributed by atoms with Gasteiger partial charge in [-0.25, -0.2) is 9.97 Å². The molecule has 7 nitrogen and oxygen atoms in total. The van der Waals surface area contributed by atoms with Crippen LogP contribution in [-0.2, 0) is 6.54 Å². The first-order valence-electron chi connectivity index (χ1n) is 8.14. The fourth-order valence-corrected chi connectivity index (χ4v) is 2.65. The number of oxazole rings is 1. The summed E-state index contributed by atoms with van der Waals surface area (Å²) in [5.74, 6) is -0.0167. The molecule has 0 aliphatic heterocycles. The van der Waals surface area contributed by atoms with Gasteiger partial charge in [-0.2, -0.15) is 0 Å². The molecule has 0 spiro atoms. The minimum Gasteiger partial charge on any atom is -0.447 e. The number of fused-ring (bicyclic) bond motifs is 1. The second-order valence-electron chi connectivity index (χ2n) is 5.96. The second kappa shape index (κ2) is 6.45. The molecule has 3 aromatic heterocycles. The predicted molar refractivity (Wildman–Crippen MR) is 97.7 cm³/mol. The maximum Gasteiger partial charge on any atom is 0.277 e. The maximum absolute atomic E-state index is 12.2. The van der Waals surface area contributed by atoms with Crippen LogP contribution in [-0.4, -0.2) is 20.3 Å². The van der Waals surface area contributed by atoms with Gasteiger partial charge in [0.25, 0.3) is 5.91 Å². The predicted octanol–water partition coefficient (Wildman–Crippen LogP) is 3.01. The molecule has 1 aromatic carbocycles. The molecular weight excluding hydrogens is 330 g/mol. The van der Waals surface area contributed by atoms with Gasteiger partial charge in [-0.3, -0.25) is 4.79 Å². The van der Waals surface area contributed by atoms with E-state index in [0.717, 1.165) is 16.9 Å². The average molecular weight is 347 g/mol. The summed E-state index contributed by atoms with van der Waals surface area (Å²) < 4.78 is 7.06. The van der Waals surface area contributed by atoms with Crippen LogP contribution in [0.5, 0.6) is 0 Å². The van der Waals surface area contributed by atoms with Crippen LogP contribution in [0.1, 0.15) is 21.9 Å². The highest BCUT2D eigenvalue weighted by Crippen LogP contribution is 2.22. The first-order chi connectivity index (χ1) is 12.6. The number of carbonyl (C=O) groups excluding carboxylic acids is 1. The molecule has 130 valence electrons.